The minimum atomic E-state index is -2.83. The van der Waals surface area contributed by atoms with Crippen LogP contribution in [0, 0.1) is 6.92 Å². The lowest BCUT2D eigenvalue weighted by molar-refractivity contribution is -0.0507. The molecular formula is C14H16ClF2NO2S. The highest BCUT2D eigenvalue weighted by Gasteiger charge is 2.33. The number of hydrogen-bond acceptors (Lipinski definition) is 4. The van der Waals surface area contributed by atoms with Gasteiger partial charge in [-0.2, -0.15) is 8.78 Å². The third-order valence-electron chi connectivity index (χ3n) is 3.07. The van der Waals surface area contributed by atoms with Gasteiger partial charge < -0.3 is 9.57 Å². The van der Waals surface area contributed by atoms with Crippen LogP contribution in [0.5, 0.6) is 5.75 Å². The van der Waals surface area contributed by atoms with Crippen LogP contribution in [-0.4, -0.2) is 23.1 Å². The molecule has 1 unspecified atom stereocenters. The predicted octanol–water partition coefficient (Wildman–Crippen LogP) is 4.56. The first kappa shape index (κ1) is 16.4. The number of alkyl halides is 3. The maximum Gasteiger partial charge on any atom is 0.387 e. The predicted molar refractivity (Wildman–Crippen MR) is 81.4 cm³/mol. The van der Waals surface area contributed by atoms with Gasteiger partial charge in [-0.15, -0.1) is 23.4 Å². The zero-order chi connectivity index (χ0) is 15.5. The first-order valence-electron chi connectivity index (χ1n) is 6.40. The molecule has 3 nitrogen and oxygen atoms in total. The molecule has 1 aromatic rings. The van der Waals surface area contributed by atoms with Crippen molar-refractivity contribution in [3.05, 3.63) is 29.3 Å². The maximum absolute atomic E-state index is 12.5. The van der Waals surface area contributed by atoms with Crippen molar-refractivity contribution in [2.75, 3.05) is 5.88 Å². The molecule has 1 aromatic carbocycles. The summed E-state index contributed by atoms with van der Waals surface area (Å²) in [6, 6.07) is 5.33. The quantitative estimate of drug-likeness (QED) is 0.739. The Morgan fingerprint density at radius 1 is 1.52 bits per heavy atom. The second-order valence-corrected chi connectivity index (χ2v) is 6.38. The summed E-state index contributed by atoms with van der Waals surface area (Å²) in [6.07, 6.45) is 0.623. The fourth-order valence-corrected chi connectivity index (χ4v) is 3.13. The Morgan fingerprint density at radius 2 is 2.29 bits per heavy atom. The molecule has 0 saturated heterocycles. The molecule has 2 rings (SSSR count). The average Bonchev–Trinajstić information content (AvgIpc) is 2.82. The van der Waals surface area contributed by atoms with Crippen molar-refractivity contribution in [2.24, 2.45) is 5.16 Å². The molecule has 0 bridgehead atoms. The van der Waals surface area contributed by atoms with Crippen LogP contribution < -0.4 is 4.74 Å². The molecule has 1 aliphatic heterocycles. The summed E-state index contributed by atoms with van der Waals surface area (Å²) in [5, 5.41) is 4.80. The Bertz CT molecular complexity index is 542. The van der Waals surface area contributed by atoms with E-state index >= 15 is 0 Å². The Labute approximate surface area is 131 Å². The number of oxime groups is 1. The summed E-state index contributed by atoms with van der Waals surface area (Å²) in [6.45, 7) is 0.795. The minimum Gasteiger partial charge on any atom is -0.434 e. The van der Waals surface area contributed by atoms with Gasteiger partial charge in [-0.1, -0.05) is 23.4 Å². The maximum atomic E-state index is 12.5. The second kappa shape index (κ2) is 6.83. The average molecular weight is 336 g/mol. The van der Waals surface area contributed by atoms with E-state index in [2.05, 4.69) is 9.89 Å². The number of hydrogen-bond donors (Lipinski definition) is 0. The third-order valence-corrected chi connectivity index (χ3v) is 4.64. The van der Waals surface area contributed by atoms with Crippen LogP contribution in [0.4, 0.5) is 8.78 Å². The Morgan fingerprint density at radius 3 is 2.90 bits per heavy atom. The van der Waals surface area contributed by atoms with Crippen molar-refractivity contribution in [2.45, 2.75) is 38.2 Å². The molecule has 0 aliphatic carbocycles. The summed E-state index contributed by atoms with van der Waals surface area (Å²) in [4.78, 5) is 5.29. The smallest absolute Gasteiger partial charge is 0.387 e. The number of nitrogens with zero attached hydrogens (tertiary/aromatic N) is 1. The van der Waals surface area contributed by atoms with Gasteiger partial charge in [0, 0.05) is 17.7 Å². The summed E-state index contributed by atoms with van der Waals surface area (Å²) in [5.41, 5.74) is 0.921. The third kappa shape index (κ3) is 4.23. The van der Waals surface area contributed by atoms with Gasteiger partial charge >= 0.3 is 6.61 Å². The van der Waals surface area contributed by atoms with Crippen LogP contribution in [0.15, 0.2) is 23.4 Å². The van der Waals surface area contributed by atoms with Gasteiger partial charge in [-0.3, -0.25) is 0 Å². The van der Waals surface area contributed by atoms with Gasteiger partial charge in [-0.05, 0) is 19.4 Å². The Hall–Kier alpha value is -1.01. The number of benzene rings is 1. The van der Waals surface area contributed by atoms with Gasteiger partial charge in [0.05, 0.1) is 5.88 Å². The highest BCUT2D eigenvalue weighted by atomic mass is 35.5. The summed E-state index contributed by atoms with van der Waals surface area (Å²) < 4.78 is 29.6. The highest BCUT2D eigenvalue weighted by molar-refractivity contribution is 8.13. The van der Waals surface area contributed by atoms with Gasteiger partial charge in [0.25, 0.3) is 0 Å². The van der Waals surface area contributed by atoms with Gasteiger partial charge in [0.15, 0.2) is 5.60 Å². The molecule has 7 heteroatoms. The Kier molecular flexibility index (Phi) is 5.32. The highest BCUT2D eigenvalue weighted by Crippen LogP contribution is 2.33. The number of ether oxygens (including phenoxy) is 1. The first-order chi connectivity index (χ1) is 9.93. The van der Waals surface area contributed by atoms with E-state index in [4.69, 9.17) is 16.4 Å². The molecular weight excluding hydrogens is 320 g/mol. The number of thioether (sulfide) groups is 1. The van der Waals surface area contributed by atoms with E-state index in [1.165, 1.54) is 11.8 Å². The first-order valence-corrected chi connectivity index (χ1v) is 7.92. The van der Waals surface area contributed by atoms with Gasteiger partial charge in [-0.25, -0.2) is 0 Å². The van der Waals surface area contributed by atoms with Crippen molar-refractivity contribution in [3.8, 4) is 5.75 Å². The largest absolute Gasteiger partial charge is 0.434 e. The number of halogens is 3. The van der Waals surface area contributed by atoms with Gasteiger partial charge in [0.2, 0.25) is 0 Å². The second-order valence-electron chi connectivity index (χ2n) is 5.07. The molecule has 21 heavy (non-hydrogen) atoms. The fourth-order valence-electron chi connectivity index (χ4n) is 1.94. The summed E-state index contributed by atoms with van der Waals surface area (Å²) in [5.74, 6) is 1.08. The molecule has 1 atom stereocenters. The van der Waals surface area contributed by atoms with Crippen LogP contribution in [0.3, 0.4) is 0 Å². The molecule has 0 radical (unpaired) electrons. The molecule has 0 aromatic heterocycles. The number of para-hydroxylation sites is 1. The molecule has 116 valence electrons. The molecule has 0 spiro atoms. The zero-order valence-corrected chi connectivity index (χ0v) is 13.3. The van der Waals surface area contributed by atoms with Crippen molar-refractivity contribution in [1.29, 1.82) is 0 Å². The van der Waals surface area contributed by atoms with Crippen LogP contribution in [0.2, 0.25) is 0 Å². The SMILES string of the molecule is Cc1cccc(CSC2=NOC(C)(CCl)C2)c1OC(F)F. The van der Waals surface area contributed by atoms with E-state index in [0.717, 1.165) is 5.04 Å². The van der Waals surface area contributed by atoms with Crippen molar-refractivity contribution < 1.29 is 18.4 Å². The van der Waals surface area contributed by atoms with Crippen LogP contribution >= 0.6 is 23.4 Å². The zero-order valence-electron chi connectivity index (χ0n) is 11.7. The van der Waals surface area contributed by atoms with Crippen LogP contribution in [-0.2, 0) is 10.6 Å². The molecule has 0 saturated carbocycles. The van der Waals surface area contributed by atoms with Crippen LogP contribution in [0.1, 0.15) is 24.5 Å². The lowest BCUT2D eigenvalue weighted by Gasteiger charge is -2.16. The molecule has 1 aliphatic rings. The standard InChI is InChI=1S/C14H16ClF2NO2S/c1-9-4-3-5-10(12(9)19-13(16)17)7-21-11-6-14(2,8-15)20-18-11/h3-5,13H,6-8H2,1-2H3. The fraction of sp³-hybridized carbons (Fsp3) is 0.500. The van der Waals surface area contributed by atoms with Crippen molar-refractivity contribution >= 4 is 28.4 Å². The van der Waals surface area contributed by atoms with E-state index in [0.29, 0.717) is 29.2 Å². The number of aryl methyl sites for hydroxylation is 1. The lowest BCUT2D eigenvalue weighted by atomic mass is 10.1. The number of rotatable bonds is 5. The molecule has 1 heterocycles. The normalized spacial score (nSPS) is 21.3. The van der Waals surface area contributed by atoms with Crippen molar-refractivity contribution in [3.63, 3.8) is 0 Å². The van der Waals surface area contributed by atoms with Crippen LogP contribution in [0.25, 0.3) is 0 Å². The van der Waals surface area contributed by atoms with Gasteiger partial charge in [0.1, 0.15) is 10.8 Å². The Balaban J connectivity index is 2.03. The molecule has 0 amide bonds. The minimum absolute atomic E-state index is 0.236. The van der Waals surface area contributed by atoms with Crippen molar-refractivity contribution in [1.82, 2.24) is 0 Å². The van der Waals surface area contributed by atoms with E-state index in [1.54, 1.807) is 19.1 Å². The topological polar surface area (TPSA) is 30.8 Å². The molecule has 0 fully saturated rings. The lowest BCUT2D eigenvalue weighted by Crippen LogP contribution is -2.26. The van der Waals surface area contributed by atoms with E-state index in [9.17, 15) is 8.78 Å². The summed E-state index contributed by atoms with van der Waals surface area (Å²) in [7, 11) is 0. The molecule has 0 N–H and O–H groups in total. The van der Waals surface area contributed by atoms with E-state index in [-0.39, 0.29) is 5.75 Å². The summed E-state index contributed by atoms with van der Waals surface area (Å²) >= 11 is 7.27. The van der Waals surface area contributed by atoms with E-state index < -0.39 is 12.2 Å². The van der Waals surface area contributed by atoms with E-state index in [1.807, 2.05) is 13.0 Å². The monoisotopic (exact) mass is 335 g/mol.